The van der Waals surface area contributed by atoms with Gasteiger partial charge in [0.05, 0.1) is 6.10 Å². The minimum atomic E-state index is -4.82. The SMILES string of the molecule is CO[C@H]1CCCC[C@H]1NC1CCN(C(=O)c2nc(C(F)(F)F)nc(OCc3ccc(C(C)(C)C)cc3)c2C)CC1. The van der Waals surface area contributed by atoms with Crippen LogP contribution in [0.1, 0.15) is 92.3 Å². The van der Waals surface area contributed by atoms with Gasteiger partial charge < -0.3 is 19.7 Å². The van der Waals surface area contributed by atoms with Crippen molar-refractivity contribution in [3.05, 3.63) is 52.5 Å². The van der Waals surface area contributed by atoms with E-state index in [4.69, 9.17) is 9.47 Å². The van der Waals surface area contributed by atoms with Crippen LogP contribution in [-0.4, -0.2) is 59.2 Å². The van der Waals surface area contributed by atoms with Gasteiger partial charge in [-0.3, -0.25) is 4.79 Å². The molecule has 1 saturated carbocycles. The van der Waals surface area contributed by atoms with Crippen molar-refractivity contribution in [2.45, 2.75) is 103 Å². The van der Waals surface area contributed by atoms with Crippen LogP contribution in [0, 0.1) is 6.92 Å². The monoisotopic (exact) mass is 562 g/mol. The standard InChI is InChI=1S/C30H41F3N4O3/c1-19-25(27(38)37-16-14-22(15-17-37)34-23-8-6-7-9-24(23)39-5)35-28(30(31,32)33)36-26(19)40-18-20-10-12-21(13-11-20)29(2,3)4/h10-13,22-24,34H,6-9,14-18H2,1-5H3/t23-,24+/m1/s1. The Labute approximate surface area is 234 Å². The van der Waals surface area contributed by atoms with Crippen molar-refractivity contribution in [2.24, 2.45) is 0 Å². The van der Waals surface area contributed by atoms with E-state index in [2.05, 4.69) is 36.1 Å². The van der Waals surface area contributed by atoms with E-state index in [0.717, 1.165) is 36.8 Å². The lowest BCUT2D eigenvalue weighted by Crippen LogP contribution is -2.52. The fraction of sp³-hybridized carbons (Fsp3) is 0.633. The zero-order valence-corrected chi connectivity index (χ0v) is 24.1. The minimum absolute atomic E-state index is 0.0216. The molecule has 2 heterocycles. The molecular formula is C30H41F3N4O3. The number of alkyl halides is 3. The lowest BCUT2D eigenvalue weighted by molar-refractivity contribution is -0.145. The molecule has 2 aromatic rings. The first kappa shape index (κ1) is 30.2. The number of hydrogen-bond acceptors (Lipinski definition) is 6. The van der Waals surface area contributed by atoms with Crippen molar-refractivity contribution >= 4 is 5.91 Å². The van der Waals surface area contributed by atoms with Crippen LogP contribution in [0.4, 0.5) is 13.2 Å². The molecule has 0 radical (unpaired) electrons. The van der Waals surface area contributed by atoms with Crippen LogP contribution >= 0.6 is 0 Å². The quantitative estimate of drug-likeness (QED) is 0.458. The van der Waals surface area contributed by atoms with Gasteiger partial charge in [-0.2, -0.15) is 18.2 Å². The highest BCUT2D eigenvalue weighted by Crippen LogP contribution is 2.31. The summed E-state index contributed by atoms with van der Waals surface area (Å²) in [6, 6.07) is 8.23. The Morgan fingerprint density at radius 2 is 1.68 bits per heavy atom. The van der Waals surface area contributed by atoms with E-state index >= 15 is 0 Å². The van der Waals surface area contributed by atoms with Gasteiger partial charge in [0.2, 0.25) is 11.7 Å². The maximum Gasteiger partial charge on any atom is 0.451 e. The van der Waals surface area contributed by atoms with E-state index in [1.807, 2.05) is 24.3 Å². The van der Waals surface area contributed by atoms with Crippen molar-refractivity contribution in [1.29, 1.82) is 0 Å². The summed E-state index contributed by atoms with van der Waals surface area (Å²) >= 11 is 0. The number of carbonyl (C=O) groups excluding carboxylic acids is 1. The Morgan fingerprint density at radius 1 is 1.02 bits per heavy atom. The van der Waals surface area contributed by atoms with E-state index in [9.17, 15) is 18.0 Å². The molecule has 7 nitrogen and oxygen atoms in total. The Hall–Kier alpha value is -2.72. The minimum Gasteiger partial charge on any atom is -0.472 e. The van der Waals surface area contributed by atoms with Gasteiger partial charge in [0.25, 0.3) is 5.91 Å². The molecule has 1 aromatic heterocycles. The smallest absolute Gasteiger partial charge is 0.451 e. The highest BCUT2D eigenvalue weighted by atomic mass is 19.4. The molecule has 2 atom stereocenters. The number of methoxy groups -OCH3 is 1. The Kier molecular flexibility index (Phi) is 9.40. The van der Waals surface area contributed by atoms with Crippen LogP contribution in [0.15, 0.2) is 24.3 Å². The second-order valence-corrected chi connectivity index (χ2v) is 12.0. The van der Waals surface area contributed by atoms with Crippen molar-refractivity contribution < 1.29 is 27.4 Å². The molecule has 1 aliphatic heterocycles. The van der Waals surface area contributed by atoms with E-state index < -0.39 is 17.9 Å². The van der Waals surface area contributed by atoms with Gasteiger partial charge in [0, 0.05) is 37.8 Å². The number of benzene rings is 1. The molecule has 0 spiro atoms. The van der Waals surface area contributed by atoms with E-state index in [1.165, 1.54) is 6.92 Å². The zero-order chi connectivity index (χ0) is 29.1. The van der Waals surface area contributed by atoms with Crippen molar-refractivity contribution in [1.82, 2.24) is 20.2 Å². The van der Waals surface area contributed by atoms with Gasteiger partial charge >= 0.3 is 6.18 Å². The topological polar surface area (TPSA) is 76.6 Å². The lowest BCUT2D eigenvalue weighted by Gasteiger charge is -2.38. The first-order valence-corrected chi connectivity index (χ1v) is 14.1. The maximum atomic E-state index is 13.7. The summed E-state index contributed by atoms with van der Waals surface area (Å²) in [5.41, 5.74) is 1.84. The van der Waals surface area contributed by atoms with E-state index in [-0.39, 0.29) is 47.3 Å². The van der Waals surface area contributed by atoms with Gasteiger partial charge in [-0.1, -0.05) is 57.9 Å². The molecule has 1 amide bonds. The molecule has 1 aliphatic carbocycles. The van der Waals surface area contributed by atoms with Gasteiger partial charge in [-0.15, -0.1) is 0 Å². The number of ether oxygens (including phenoxy) is 2. The number of halogens is 3. The molecular weight excluding hydrogens is 521 g/mol. The number of likely N-dealkylation sites (tertiary alicyclic amines) is 1. The molecule has 0 bridgehead atoms. The number of amides is 1. The Morgan fingerprint density at radius 3 is 2.27 bits per heavy atom. The molecule has 1 aromatic carbocycles. The fourth-order valence-electron chi connectivity index (χ4n) is 5.50. The lowest BCUT2D eigenvalue weighted by atomic mass is 9.87. The first-order chi connectivity index (χ1) is 18.9. The highest BCUT2D eigenvalue weighted by Gasteiger charge is 2.38. The number of piperidine rings is 1. The summed E-state index contributed by atoms with van der Waals surface area (Å²) in [5, 5.41) is 3.69. The Bertz CT molecular complexity index is 1160. The van der Waals surface area contributed by atoms with Crippen LogP contribution in [0.5, 0.6) is 5.88 Å². The van der Waals surface area contributed by atoms with E-state index in [1.54, 1.807) is 12.0 Å². The van der Waals surface area contributed by atoms with Crippen LogP contribution in [-0.2, 0) is 22.9 Å². The summed E-state index contributed by atoms with van der Waals surface area (Å²) in [4.78, 5) is 22.3. The molecule has 1 N–H and O–H groups in total. The van der Waals surface area contributed by atoms with Crippen molar-refractivity contribution in [3.63, 3.8) is 0 Å². The summed E-state index contributed by atoms with van der Waals surface area (Å²) < 4.78 is 52.5. The third-order valence-corrected chi connectivity index (χ3v) is 7.99. The molecule has 4 rings (SSSR count). The van der Waals surface area contributed by atoms with Crippen LogP contribution in [0.3, 0.4) is 0 Å². The zero-order valence-electron chi connectivity index (χ0n) is 24.1. The van der Waals surface area contributed by atoms with E-state index in [0.29, 0.717) is 25.9 Å². The van der Waals surface area contributed by atoms with Crippen LogP contribution in [0.2, 0.25) is 0 Å². The van der Waals surface area contributed by atoms with Crippen molar-refractivity contribution in [3.8, 4) is 5.88 Å². The third-order valence-electron chi connectivity index (χ3n) is 7.99. The van der Waals surface area contributed by atoms with Gasteiger partial charge in [0.15, 0.2) is 0 Å². The van der Waals surface area contributed by atoms with Gasteiger partial charge in [0.1, 0.15) is 12.3 Å². The second-order valence-electron chi connectivity index (χ2n) is 12.0. The first-order valence-electron chi connectivity index (χ1n) is 14.1. The molecule has 40 heavy (non-hydrogen) atoms. The predicted octanol–water partition coefficient (Wildman–Crippen LogP) is 5.83. The van der Waals surface area contributed by atoms with Crippen LogP contribution < -0.4 is 10.1 Å². The normalized spacial score (nSPS) is 20.9. The number of aromatic nitrogens is 2. The molecule has 2 fully saturated rings. The maximum absolute atomic E-state index is 13.7. The average molecular weight is 563 g/mol. The predicted molar refractivity (Wildman–Crippen MR) is 146 cm³/mol. The average Bonchev–Trinajstić information content (AvgIpc) is 2.92. The molecule has 220 valence electrons. The highest BCUT2D eigenvalue weighted by molar-refractivity contribution is 5.94. The number of rotatable bonds is 7. The molecule has 2 aliphatic rings. The second kappa shape index (κ2) is 12.4. The fourth-order valence-corrected chi connectivity index (χ4v) is 5.50. The summed E-state index contributed by atoms with van der Waals surface area (Å²) in [6.45, 7) is 8.73. The Balaban J connectivity index is 1.45. The summed E-state index contributed by atoms with van der Waals surface area (Å²) in [7, 11) is 1.74. The summed E-state index contributed by atoms with van der Waals surface area (Å²) in [5.74, 6) is -2.14. The molecule has 10 heteroatoms. The largest absolute Gasteiger partial charge is 0.472 e. The number of hydrogen-bond donors (Lipinski definition) is 1. The number of nitrogens with one attached hydrogen (secondary N) is 1. The third kappa shape index (κ3) is 7.32. The van der Waals surface area contributed by atoms with Gasteiger partial charge in [-0.25, -0.2) is 4.98 Å². The molecule has 1 saturated heterocycles. The summed E-state index contributed by atoms with van der Waals surface area (Å²) in [6.07, 6.45) is 1.21. The van der Waals surface area contributed by atoms with Crippen LogP contribution in [0.25, 0.3) is 0 Å². The van der Waals surface area contributed by atoms with Gasteiger partial charge in [-0.05, 0) is 49.1 Å². The van der Waals surface area contributed by atoms with Crippen molar-refractivity contribution in [2.75, 3.05) is 20.2 Å². The number of nitrogens with zero attached hydrogens (tertiary/aromatic N) is 3. The number of carbonyl (C=O) groups is 1. The molecule has 0 unspecified atom stereocenters.